The first-order valence-electron chi connectivity index (χ1n) is 10.2. The van der Waals surface area contributed by atoms with Gasteiger partial charge < -0.3 is 9.26 Å². The van der Waals surface area contributed by atoms with Crippen LogP contribution in [0, 0.1) is 6.92 Å². The van der Waals surface area contributed by atoms with E-state index in [0.29, 0.717) is 5.69 Å². The molecule has 1 aliphatic carbocycles. The zero-order chi connectivity index (χ0) is 22.6. The zero-order valence-electron chi connectivity index (χ0n) is 17.8. The van der Waals surface area contributed by atoms with Gasteiger partial charge in [0.1, 0.15) is 0 Å². The lowest BCUT2D eigenvalue weighted by Gasteiger charge is -2.30. The summed E-state index contributed by atoms with van der Waals surface area (Å²) in [4.78, 5) is 24.6. The summed E-state index contributed by atoms with van der Waals surface area (Å²) >= 11 is 0. The molecule has 0 spiro atoms. The highest BCUT2D eigenvalue weighted by molar-refractivity contribution is 7.89. The van der Waals surface area contributed by atoms with E-state index in [9.17, 15) is 18.0 Å². The zero-order valence-corrected chi connectivity index (χ0v) is 18.6. The van der Waals surface area contributed by atoms with Gasteiger partial charge >= 0.3 is 5.97 Å². The van der Waals surface area contributed by atoms with E-state index in [4.69, 9.17) is 9.26 Å². The second-order valence-electron chi connectivity index (χ2n) is 7.71. The van der Waals surface area contributed by atoms with Crippen molar-refractivity contribution in [1.82, 2.24) is 9.46 Å². The molecule has 0 saturated heterocycles. The molecule has 1 aromatic carbocycles. The predicted octanol–water partition coefficient (Wildman–Crippen LogP) is 3.12. The van der Waals surface area contributed by atoms with Crippen molar-refractivity contribution in [1.29, 1.82) is 0 Å². The van der Waals surface area contributed by atoms with Gasteiger partial charge in [0.15, 0.2) is 6.10 Å². The number of aryl methyl sites for hydroxylation is 1. The number of ether oxygens (including phenoxy) is 1. The number of nitrogens with zero attached hydrogens (tertiary/aromatic N) is 2. The number of esters is 1. The molecule has 3 rings (SSSR count). The third-order valence-electron chi connectivity index (χ3n) is 5.38. The number of aromatic nitrogens is 1. The van der Waals surface area contributed by atoms with Gasteiger partial charge in [-0.05, 0) is 51.0 Å². The van der Waals surface area contributed by atoms with Crippen LogP contribution in [0.15, 0.2) is 39.8 Å². The van der Waals surface area contributed by atoms with Gasteiger partial charge in [-0.25, -0.2) is 13.2 Å². The molecule has 9 nitrogen and oxygen atoms in total. The third-order valence-corrected chi connectivity index (χ3v) is 7.31. The summed E-state index contributed by atoms with van der Waals surface area (Å²) < 4.78 is 37.3. The monoisotopic (exact) mass is 449 g/mol. The number of anilines is 1. The Hall–Kier alpha value is -2.72. The van der Waals surface area contributed by atoms with Crippen LogP contribution >= 0.6 is 0 Å². The number of rotatable bonds is 7. The number of hydrogen-bond acceptors (Lipinski definition) is 7. The SMILES string of the molecule is Cc1cc(NC(=O)C(C)OC(=O)c2ccc(S(=O)(=O)N(C)C3CCCCC3)cc2)on1. The Balaban J connectivity index is 1.62. The predicted molar refractivity (Wildman–Crippen MR) is 113 cm³/mol. The summed E-state index contributed by atoms with van der Waals surface area (Å²) in [7, 11) is -2.05. The number of benzene rings is 1. The van der Waals surface area contributed by atoms with Gasteiger partial charge in [0.25, 0.3) is 5.91 Å². The van der Waals surface area contributed by atoms with Gasteiger partial charge in [0, 0.05) is 19.2 Å². The third kappa shape index (κ3) is 5.50. The fraction of sp³-hybridized carbons (Fsp3) is 0.476. The van der Waals surface area contributed by atoms with Gasteiger partial charge in [0.2, 0.25) is 15.9 Å². The van der Waals surface area contributed by atoms with Gasteiger partial charge in [-0.15, -0.1) is 0 Å². The average molecular weight is 450 g/mol. The first-order chi connectivity index (χ1) is 14.7. The van der Waals surface area contributed by atoms with Crippen molar-refractivity contribution in [3.63, 3.8) is 0 Å². The lowest BCUT2D eigenvalue weighted by atomic mass is 9.96. The van der Waals surface area contributed by atoms with Crippen molar-refractivity contribution in [2.24, 2.45) is 0 Å². The Morgan fingerprint density at radius 1 is 1.19 bits per heavy atom. The second kappa shape index (κ2) is 9.61. The molecule has 0 aliphatic heterocycles. The molecule has 0 bridgehead atoms. The topological polar surface area (TPSA) is 119 Å². The molecule has 1 aromatic heterocycles. The minimum absolute atomic E-state index is 0.00379. The molecule has 1 amide bonds. The van der Waals surface area contributed by atoms with Crippen LogP contribution in [0.5, 0.6) is 0 Å². The summed E-state index contributed by atoms with van der Waals surface area (Å²) in [5, 5.41) is 6.12. The Kier molecular flexibility index (Phi) is 7.11. The van der Waals surface area contributed by atoms with Crippen LogP contribution in [-0.4, -0.2) is 48.9 Å². The Bertz CT molecular complexity index is 1030. The molecule has 0 radical (unpaired) electrons. The van der Waals surface area contributed by atoms with Gasteiger partial charge in [-0.2, -0.15) is 4.31 Å². The molecular formula is C21H27N3O6S. The first kappa shape index (κ1) is 23.0. The standard InChI is InChI=1S/C21H27N3O6S/c1-14-13-19(30-23-14)22-20(25)15(2)29-21(26)16-9-11-18(12-10-16)31(27,28)24(3)17-7-5-4-6-8-17/h9-13,15,17H,4-8H2,1-3H3,(H,22,25). The number of amides is 1. The lowest BCUT2D eigenvalue weighted by molar-refractivity contribution is -0.123. The molecule has 1 atom stereocenters. The Labute approximate surface area is 181 Å². The van der Waals surface area contributed by atoms with Crippen molar-refractivity contribution < 1.29 is 27.3 Å². The summed E-state index contributed by atoms with van der Waals surface area (Å²) in [6.45, 7) is 3.13. The number of carbonyl (C=O) groups is 2. The van der Waals surface area contributed by atoms with E-state index in [1.165, 1.54) is 41.6 Å². The van der Waals surface area contributed by atoms with E-state index in [0.717, 1.165) is 32.1 Å². The smallest absolute Gasteiger partial charge is 0.338 e. The maximum absolute atomic E-state index is 12.9. The van der Waals surface area contributed by atoms with E-state index in [-0.39, 0.29) is 22.4 Å². The molecule has 1 saturated carbocycles. The van der Waals surface area contributed by atoms with Crippen LogP contribution in [0.25, 0.3) is 0 Å². The first-order valence-corrected chi connectivity index (χ1v) is 11.7. The normalized spacial score (nSPS) is 16.1. The molecular weight excluding hydrogens is 422 g/mol. The van der Waals surface area contributed by atoms with Crippen LogP contribution in [-0.2, 0) is 19.6 Å². The van der Waals surface area contributed by atoms with E-state index >= 15 is 0 Å². The summed E-state index contributed by atoms with van der Waals surface area (Å²) in [5.74, 6) is -1.15. The fourth-order valence-corrected chi connectivity index (χ4v) is 4.91. The largest absolute Gasteiger partial charge is 0.449 e. The van der Waals surface area contributed by atoms with Gasteiger partial charge in [-0.3, -0.25) is 10.1 Å². The van der Waals surface area contributed by atoms with Gasteiger partial charge in [0.05, 0.1) is 16.2 Å². The molecule has 31 heavy (non-hydrogen) atoms. The minimum Gasteiger partial charge on any atom is -0.449 e. The highest BCUT2D eigenvalue weighted by Crippen LogP contribution is 2.26. The number of sulfonamides is 1. The van der Waals surface area contributed by atoms with Gasteiger partial charge in [-0.1, -0.05) is 24.4 Å². The Morgan fingerprint density at radius 2 is 1.84 bits per heavy atom. The highest BCUT2D eigenvalue weighted by atomic mass is 32.2. The van der Waals surface area contributed by atoms with Crippen LogP contribution in [0.4, 0.5) is 5.88 Å². The molecule has 1 aliphatic rings. The van der Waals surface area contributed by atoms with Crippen molar-refractivity contribution in [3.8, 4) is 0 Å². The number of carbonyl (C=O) groups excluding carboxylic acids is 2. The van der Waals surface area contributed by atoms with Crippen LogP contribution in [0.2, 0.25) is 0 Å². The summed E-state index contributed by atoms with van der Waals surface area (Å²) in [6, 6.07) is 7.06. The molecule has 2 aromatic rings. The molecule has 168 valence electrons. The van der Waals surface area contributed by atoms with Crippen molar-refractivity contribution >= 4 is 27.8 Å². The summed E-state index contributed by atoms with van der Waals surface area (Å²) in [6.07, 6.45) is 3.81. The van der Waals surface area contributed by atoms with E-state index in [2.05, 4.69) is 10.5 Å². The van der Waals surface area contributed by atoms with Crippen molar-refractivity contribution in [2.75, 3.05) is 12.4 Å². The van der Waals surface area contributed by atoms with Crippen LogP contribution in [0.1, 0.15) is 55.1 Å². The fourth-order valence-electron chi connectivity index (χ4n) is 3.50. The quantitative estimate of drug-likeness (QED) is 0.645. The highest BCUT2D eigenvalue weighted by Gasteiger charge is 2.29. The molecule has 1 heterocycles. The molecule has 1 unspecified atom stereocenters. The second-order valence-corrected chi connectivity index (χ2v) is 9.70. The molecule has 1 fully saturated rings. The summed E-state index contributed by atoms with van der Waals surface area (Å²) in [5.41, 5.74) is 0.749. The number of nitrogens with one attached hydrogen (secondary N) is 1. The van der Waals surface area contributed by atoms with Crippen molar-refractivity contribution in [3.05, 3.63) is 41.6 Å². The van der Waals surface area contributed by atoms with E-state index in [1.54, 1.807) is 14.0 Å². The maximum Gasteiger partial charge on any atom is 0.338 e. The number of hydrogen-bond donors (Lipinski definition) is 1. The average Bonchev–Trinajstić information content (AvgIpc) is 3.18. The minimum atomic E-state index is -3.65. The van der Waals surface area contributed by atoms with Crippen LogP contribution in [0.3, 0.4) is 0 Å². The molecule has 10 heteroatoms. The van der Waals surface area contributed by atoms with E-state index < -0.39 is 28.0 Å². The van der Waals surface area contributed by atoms with Crippen LogP contribution < -0.4 is 5.32 Å². The lowest BCUT2D eigenvalue weighted by Crippen LogP contribution is -2.38. The maximum atomic E-state index is 12.9. The van der Waals surface area contributed by atoms with E-state index in [1.807, 2.05) is 0 Å². The molecule has 1 N–H and O–H groups in total. The van der Waals surface area contributed by atoms with Crippen molar-refractivity contribution in [2.45, 2.75) is 63.0 Å². The Morgan fingerprint density at radius 3 is 2.42 bits per heavy atom.